The third-order valence-electron chi connectivity index (χ3n) is 10.8. The van der Waals surface area contributed by atoms with E-state index in [1.54, 1.807) is 10.4 Å². The number of benzene rings is 4. The van der Waals surface area contributed by atoms with Gasteiger partial charge >= 0.3 is 0 Å². The largest absolute Gasteiger partial charge is 0.120 e. The van der Waals surface area contributed by atoms with Crippen molar-refractivity contribution in [2.24, 2.45) is 0 Å². The van der Waals surface area contributed by atoms with Crippen molar-refractivity contribution in [3.63, 3.8) is 0 Å². The normalized spacial score (nSPS) is 14.8. The Hall–Kier alpha value is -3.42. The van der Waals surface area contributed by atoms with Crippen LogP contribution in [0.25, 0.3) is 34.4 Å². The molecule has 0 saturated carbocycles. The van der Waals surface area contributed by atoms with E-state index >= 15 is 0 Å². The Morgan fingerprint density at radius 3 is 1.19 bits per heavy atom. The van der Waals surface area contributed by atoms with Crippen LogP contribution in [0.1, 0.15) is 86.1 Å². The minimum atomic E-state index is -2.30. The van der Waals surface area contributed by atoms with Crippen LogP contribution in [0.4, 0.5) is 0 Å². The van der Waals surface area contributed by atoms with Crippen molar-refractivity contribution in [1.82, 2.24) is 0 Å². The van der Waals surface area contributed by atoms with Gasteiger partial charge in [-0.05, 0) is 117 Å². The van der Waals surface area contributed by atoms with Crippen LogP contribution in [0.2, 0.25) is 10.1 Å². The second-order valence-corrected chi connectivity index (χ2v) is 21.0. The van der Waals surface area contributed by atoms with Gasteiger partial charge in [-0.3, -0.25) is 0 Å². The molecule has 1 heteroatoms. The molecular weight excluding hydrogens is 533 g/mol. The van der Waals surface area contributed by atoms with Gasteiger partial charge in [-0.2, -0.15) is 0 Å². The molecule has 4 aromatic rings. The van der Waals surface area contributed by atoms with Crippen LogP contribution in [0.3, 0.4) is 0 Å². The first-order valence-electron chi connectivity index (χ1n) is 16.0. The smallest absolute Gasteiger partial charge is 0.0699 e. The Labute approximate surface area is 261 Å². The lowest BCUT2D eigenvalue weighted by Crippen LogP contribution is -2.56. The van der Waals surface area contributed by atoms with E-state index in [9.17, 15) is 0 Å². The lowest BCUT2D eigenvalue weighted by molar-refractivity contribution is 0.622. The molecule has 2 aliphatic rings. The minimum Gasteiger partial charge on any atom is -0.0699 e. The van der Waals surface area contributed by atoms with Crippen LogP contribution >= 0.6 is 0 Å². The van der Waals surface area contributed by atoms with Crippen molar-refractivity contribution in [1.29, 1.82) is 0 Å². The van der Waals surface area contributed by atoms with E-state index in [1.807, 2.05) is 0 Å². The summed E-state index contributed by atoms with van der Waals surface area (Å²) in [4.78, 5) is 0. The maximum absolute atomic E-state index is 2.66. The van der Waals surface area contributed by atoms with Crippen LogP contribution in [-0.2, 0) is 12.8 Å². The van der Waals surface area contributed by atoms with E-state index in [1.165, 1.54) is 66.8 Å². The van der Waals surface area contributed by atoms with Gasteiger partial charge in [0.25, 0.3) is 0 Å². The van der Waals surface area contributed by atoms with E-state index in [0.717, 1.165) is 12.8 Å². The van der Waals surface area contributed by atoms with Crippen molar-refractivity contribution in [3.8, 4) is 22.3 Å². The quantitative estimate of drug-likeness (QED) is 0.211. The van der Waals surface area contributed by atoms with Crippen molar-refractivity contribution >= 4 is 20.2 Å². The van der Waals surface area contributed by atoms with Gasteiger partial charge in [0, 0.05) is 0 Å². The fourth-order valence-electron chi connectivity index (χ4n) is 9.03. The van der Waals surface area contributed by atoms with Gasteiger partial charge in [-0.25, -0.2) is 0 Å². The first kappa shape index (κ1) is 29.6. The number of allylic oxidation sites excluding steroid dienone is 2. The summed E-state index contributed by atoms with van der Waals surface area (Å²) >= 11 is 0. The van der Waals surface area contributed by atoms with Gasteiger partial charge < -0.3 is 0 Å². The predicted octanol–water partition coefficient (Wildman–Crippen LogP) is 12.0. The summed E-state index contributed by atoms with van der Waals surface area (Å²) in [6, 6.07) is 27.5. The molecule has 0 aliphatic heterocycles. The van der Waals surface area contributed by atoms with Gasteiger partial charge in [0.2, 0.25) is 0 Å². The number of rotatable bonds is 4. The zero-order valence-corrected chi connectivity index (χ0v) is 29.0. The van der Waals surface area contributed by atoms with Gasteiger partial charge in [-0.1, -0.05) is 137 Å². The molecule has 2 aliphatic carbocycles. The minimum absolute atomic E-state index is 0.145. The molecular formula is C42H48Si. The molecule has 4 aromatic carbocycles. The second kappa shape index (κ2) is 10.3. The third-order valence-corrected chi connectivity index (χ3v) is 17.9. The molecule has 0 spiro atoms. The highest BCUT2D eigenvalue weighted by atomic mass is 28.3. The summed E-state index contributed by atoms with van der Waals surface area (Å²) in [5.41, 5.74) is 16.9. The average Bonchev–Trinajstić information content (AvgIpc) is 3.55. The standard InChI is InChI=1S/C42H48Si/c1-27-15-11-19-35(29(27)3)37-21-13-17-31-23-33(25-39(31)37)43(41(5,6)7,42(8,9)10)34-24-32-18-14-22-38(40(32)26-34)36-20-12-16-28(2)30(36)4/h11-22,25-26H,23-24H2,1-10H3. The maximum Gasteiger partial charge on any atom is 0.120 e. The zero-order chi connectivity index (χ0) is 30.9. The average molecular weight is 581 g/mol. The Bertz CT molecular complexity index is 1680. The SMILES string of the molecule is Cc1cccc(-c2cccc3c2C=C([Si](C2=Cc4c(cccc4-c4cccc(C)c4C)C2)(C(C)(C)C)C(C)(C)C)C3)c1C. The van der Waals surface area contributed by atoms with Crippen molar-refractivity contribution in [2.45, 2.75) is 92.2 Å². The predicted molar refractivity (Wildman–Crippen MR) is 191 cm³/mol. The third kappa shape index (κ3) is 4.54. The number of hydrogen-bond donors (Lipinski definition) is 0. The van der Waals surface area contributed by atoms with Crippen molar-refractivity contribution < 1.29 is 0 Å². The lowest BCUT2D eigenvalue weighted by atomic mass is 9.92. The molecule has 43 heavy (non-hydrogen) atoms. The molecule has 0 saturated heterocycles. The van der Waals surface area contributed by atoms with Crippen LogP contribution in [0.5, 0.6) is 0 Å². The fourth-order valence-corrected chi connectivity index (χ4v) is 17.2. The summed E-state index contributed by atoms with van der Waals surface area (Å²) < 4.78 is 0. The van der Waals surface area contributed by atoms with Crippen molar-refractivity contribution in [2.75, 3.05) is 0 Å². The molecule has 0 fully saturated rings. The van der Waals surface area contributed by atoms with Gasteiger partial charge in [-0.15, -0.1) is 0 Å². The molecule has 220 valence electrons. The van der Waals surface area contributed by atoms with Gasteiger partial charge in [0.15, 0.2) is 0 Å². The molecule has 0 heterocycles. The van der Waals surface area contributed by atoms with Crippen LogP contribution in [-0.4, -0.2) is 8.07 Å². The van der Waals surface area contributed by atoms with E-state index in [2.05, 4.69) is 154 Å². The molecule has 0 aromatic heterocycles. The molecule has 0 unspecified atom stereocenters. The first-order valence-corrected chi connectivity index (χ1v) is 18.0. The highest BCUT2D eigenvalue weighted by Gasteiger charge is 2.58. The lowest BCUT2D eigenvalue weighted by Gasteiger charge is -2.54. The fraction of sp³-hybridized carbons (Fsp3) is 0.333. The monoisotopic (exact) mass is 580 g/mol. The number of aryl methyl sites for hydroxylation is 2. The first-order chi connectivity index (χ1) is 20.3. The Balaban J connectivity index is 1.57. The molecule has 0 radical (unpaired) electrons. The highest BCUT2D eigenvalue weighted by Crippen LogP contribution is 2.62. The van der Waals surface area contributed by atoms with Crippen molar-refractivity contribution in [3.05, 3.63) is 128 Å². The van der Waals surface area contributed by atoms with E-state index < -0.39 is 8.07 Å². The summed E-state index contributed by atoms with van der Waals surface area (Å²) in [6.07, 6.45) is 7.44. The van der Waals surface area contributed by atoms with E-state index in [0.29, 0.717) is 0 Å². The molecule has 0 amide bonds. The van der Waals surface area contributed by atoms with E-state index in [-0.39, 0.29) is 10.1 Å². The van der Waals surface area contributed by atoms with Crippen LogP contribution in [0, 0.1) is 27.7 Å². The van der Waals surface area contributed by atoms with E-state index in [4.69, 9.17) is 0 Å². The molecule has 0 N–H and O–H groups in total. The molecule has 0 atom stereocenters. The zero-order valence-electron chi connectivity index (χ0n) is 28.0. The summed E-state index contributed by atoms with van der Waals surface area (Å²) in [5, 5.41) is 3.69. The number of fused-ring (bicyclic) bond motifs is 2. The van der Waals surface area contributed by atoms with Crippen LogP contribution in [0.15, 0.2) is 83.2 Å². The Kier molecular flexibility index (Phi) is 7.13. The molecule has 0 nitrogen and oxygen atoms in total. The molecule has 6 rings (SSSR count). The molecule has 0 bridgehead atoms. The maximum atomic E-state index is 2.66. The topological polar surface area (TPSA) is 0 Å². The summed E-state index contributed by atoms with van der Waals surface area (Å²) in [7, 11) is -2.30. The second-order valence-electron chi connectivity index (χ2n) is 15.2. The highest BCUT2D eigenvalue weighted by molar-refractivity contribution is 6.98. The van der Waals surface area contributed by atoms with Gasteiger partial charge in [0.05, 0.1) is 0 Å². The van der Waals surface area contributed by atoms with Crippen LogP contribution < -0.4 is 0 Å². The Morgan fingerprint density at radius 2 is 0.814 bits per heavy atom. The summed E-state index contributed by atoms with van der Waals surface area (Å²) in [5.74, 6) is 0. The van der Waals surface area contributed by atoms with Gasteiger partial charge in [0.1, 0.15) is 8.07 Å². The number of hydrogen-bond acceptors (Lipinski definition) is 0. The summed E-state index contributed by atoms with van der Waals surface area (Å²) in [6.45, 7) is 24.2. The Morgan fingerprint density at radius 1 is 0.465 bits per heavy atom.